The van der Waals surface area contributed by atoms with Crippen LogP contribution in [0.4, 0.5) is 11.4 Å². The molecule has 0 saturated carbocycles. The highest BCUT2D eigenvalue weighted by Gasteiger charge is 2.22. The van der Waals surface area contributed by atoms with Crippen LogP contribution in [-0.2, 0) is 22.5 Å². The average Bonchev–Trinajstić information content (AvgIpc) is 2.90. The van der Waals surface area contributed by atoms with E-state index >= 15 is 0 Å². The SMILES string of the molecule is COCCCNC(=O)c1cc(NC(=O)COc2ccc(Cl)cc2)ccc1N1CCc2ccccc2C1. The smallest absolute Gasteiger partial charge is 0.262 e. The molecule has 8 heteroatoms. The molecule has 0 bridgehead atoms. The van der Waals surface area contributed by atoms with Crippen molar-refractivity contribution in [2.45, 2.75) is 19.4 Å². The van der Waals surface area contributed by atoms with Gasteiger partial charge < -0.3 is 25.0 Å². The number of carbonyl (C=O) groups is 2. The number of fused-ring (bicyclic) bond motifs is 1. The van der Waals surface area contributed by atoms with Crippen molar-refractivity contribution >= 4 is 34.8 Å². The van der Waals surface area contributed by atoms with Gasteiger partial charge in [0.2, 0.25) is 0 Å². The Kier molecular flexibility index (Phi) is 8.81. The summed E-state index contributed by atoms with van der Waals surface area (Å²) in [5, 5.41) is 6.40. The third-order valence-corrected chi connectivity index (χ3v) is 6.24. The highest BCUT2D eigenvalue weighted by atomic mass is 35.5. The van der Waals surface area contributed by atoms with E-state index < -0.39 is 0 Å². The van der Waals surface area contributed by atoms with Gasteiger partial charge in [0.25, 0.3) is 11.8 Å². The van der Waals surface area contributed by atoms with Gasteiger partial charge in [-0.2, -0.15) is 0 Å². The van der Waals surface area contributed by atoms with E-state index in [2.05, 4.69) is 33.7 Å². The number of hydrogen-bond donors (Lipinski definition) is 2. The third-order valence-electron chi connectivity index (χ3n) is 5.99. The van der Waals surface area contributed by atoms with Crippen molar-refractivity contribution < 1.29 is 19.1 Å². The number of rotatable bonds is 10. The molecule has 0 aromatic heterocycles. The molecule has 4 rings (SSSR count). The van der Waals surface area contributed by atoms with Crippen molar-refractivity contribution in [1.29, 1.82) is 0 Å². The second-order valence-electron chi connectivity index (χ2n) is 8.57. The maximum absolute atomic E-state index is 13.2. The number of halogens is 1. The monoisotopic (exact) mass is 507 g/mol. The molecule has 3 aromatic carbocycles. The molecule has 0 saturated heterocycles. The maximum Gasteiger partial charge on any atom is 0.262 e. The van der Waals surface area contributed by atoms with Gasteiger partial charge >= 0.3 is 0 Å². The lowest BCUT2D eigenvalue weighted by Gasteiger charge is -2.32. The molecule has 7 nitrogen and oxygen atoms in total. The van der Waals surface area contributed by atoms with Crippen LogP contribution in [0.1, 0.15) is 27.9 Å². The summed E-state index contributed by atoms with van der Waals surface area (Å²) in [6.45, 7) is 2.44. The van der Waals surface area contributed by atoms with Gasteiger partial charge in [0.1, 0.15) is 5.75 Å². The van der Waals surface area contributed by atoms with Crippen molar-refractivity contribution in [1.82, 2.24) is 5.32 Å². The summed E-state index contributed by atoms with van der Waals surface area (Å²) < 4.78 is 10.6. The van der Waals surface area contributed by atoms with Crippen molar-refractivity contribution in [3.63, 3.8) is 0 Å². The second kappa shape index (κ2) is 12.4. The fraction of sp³-hybridized carbons (Fsp3) is 0.286. The summed E-state index contributed by atoms with van der Waals surface area (Å²) in [6, 6.07) is 20.6. The Morgan fingerprint density at radius 3 is 2.58 bits per heavy atom. The molecular weight excluding hydrogens is 478 g/mol. The molecule has 1 aliphatic heterocycles. The number of benzene rings is 3. The summed E-state index contributed by atoms with van der Waals surface area (Å²) >= 11 is 5.89. The normalized spacial score (nSPS) is 12.6. The fourth-order valence-corrected chi connectivity index (χ4v) is 4.29. The summed E-state index contributed by atoms with van der Waals surface area (Å²) in [4.78, 5) is 27.9. The molecule has 3 aromatic rings. The number of nitrogens with one attached hydrogen (secondary N) is 2. The first-order chi connectivity index (χ1) is 17.5. The van der Waals surface area contributed by atoms with Gasteiger partial charge in [0, 0.05) is 49.7 Å². The Bertz CT molecular complexity index is 1200. The van der Waals surface area contributed by atoms with E-state index in [9.17, 15) is 9.59 Å². The van der Waals surface area contributed by atoms with Crippen LogP contribution in [0.2, 0.25) is 5.02 Å². The molecule has 0 unspecified atom stereocenters. The predicted octanol–water partition coefficient (Wildman–Crippen LogP) is 4.69. The first kappa shape index (κ1) is 25.5. The van der Waals surface area contributed by atoms with Crippen LogP contribution < -0.4 is 20.3 Å². The number of methoxy groups -OCH3 is 1. The third kappa shape index (κ3) is 6.77. The van der Waals surface area contributed by atoms with Gasteiger partial charge in [-0.15, -0.1) is 0 Å². The fourth-order valence-electron chi connectivity index (χ4n) is 4.16. The minimum Gasteiger partial charge on any atom is -0.484 e. The van der Waals surface area contributed by atoms with Gasteiger partial charge in [-0.1, -0.05) is 35.9 Å². The van der Waals surface area contributed by atoms with Crippen molar-refractivity contribution in [2.24, 2.45) is 0 Å². The highest BCUT2D eigenvalue weighted by molar-refractivity contribution is 6.30. The largest absolute Gasteiger partial charge is 0.484 e. The van der Waals surface area contributed by atoms with Gasteiger partial charge in [-0.05, 0) is 66.4 Å². The van der Waals surface area contributed by atoms with E-state index in [-0.39, 0.29) is 18.4 Å². The molecule has 0 atom stereocenters. The number of ether oxygens (including phenoxy) is 2. The minimum atomic E-state index is -0.323. The summed E-state index contributed by atoms with van der Waals surface area (Å²) in [5.41, 5.74) is 4.48. The zero-order chi connectivity index (χ0) is 25.3. The predicted molar refractivity (Wildman–Crippen MR) is 142 cm³/mol. The number of carbonyl (C=O) groups excluding carboxylic acids is 2. The first-order valence-electron chi connectivity index (χ1n) is 11.9. The molecule has 1 aliphatic rings. The molecule has 188 valence electrons. The van der Waals surface area contributed by atoms with Crippen LogP contribution in [0.25, 0.3) is 0 Å². The van der Waals surface area contributed by atoms with E-state index in [0.29, 0.717) is 41.6 Å². The molecular formula is C28H30ClN3O4. The maximum atomic E-state index is 13.2. The first-order valence-corrected chi connectivity index (χ1v) is 12.3. The quantitative estimate of drug-likeness (QED) is 0.389. The topological polar surface area (TPSA) is 79.9 Å². The molecule has 0 fully saturated rings. The van der Waals surface area contributed by atoms with Gasteiger partial charge in [-0.3, -0.25) is 9.59 Å². The molecule has 2 amide bonds. The summed E-state index contributed by atoms with van der Waals surface area (Å²) in [7, 11) is 1.64. The Hall–Kier alpha value is -3.55. The van der Waals surface area contributed by atoms with E-state index in [4.69, 9.17) is 21.1 Å². The summed E-state index contributed by atoms with van der Waals surface area (Å²) in [6.07, 6.45) is 1.62. The number of hydrogen-bond acceptors (Lipinski definition) is 5. The molecule has 2 N–H and O–H groups in total. The average molecular weight is 508 g/mol. The summed E-state index contributed by atoms with van der Waals surface area (Å²) in [5.74, 6) is 0.0379. The number of anilines is 2. The van der Waals surface area contributed by atoms with Crippen LogP contribution in [0.15, 0.2) is 66.7 Å². The van der Waals surface area contributed by atoms with Gasteiger partial charge in [0.05, 0.1) is 5.56 Å². The van der Waals surface area contributed by atoms with Crippen molar-refractivity contribution in [3.05, 3.63) is 88.4 Å². The Balaban J connectivity index is 1.48. The van der Waals surface area contributed by atoms with Crippen molar-refractivity contribution in [3.8, 4) is 5.75 Å². The standard InChI is InChI=1S/C28H30ClN3O4/c1-35-16-4-14-30-28(34)25-17-23(31-27(33)19-36-24-10-7-22(29)8-11-24)9-12-26(25)32-15-13-20-5-2-3-6-21(20)18-32/h2-3,5-12,17H,4,13-16,18-19H2,1H3,(H,30,34)(H,31,33). The van der Waals surface area contributed by atoms with Crippen LogP contribution in [0.5, 0.6) is 5.75 Å². The second-order valence-corrected chi connectivity index (χ2v) is 9.00. The zero-order valence-electron chi connectivity index (χ0n) is 20.3. The van der Waals surface area contributed by atoms with Crippen LogP contribution in [0, 0.1) is 0 Å². The Morgan fingerprint density at radius 1 is 1.03 bits per heavy atom. The molecule has 1 heterocycles. The van der Waals surface area contributed by atoms with Crippen LogP contribution in [-0.4, -0.2) is 45.2 Å². The Morgan fingerprint density at radius 2 is 1.81 bits per heavy atom. The van der Waals surface area contributed by atoms with E-state index in [1.807, 2.05) is 18.2 Å². The van der Waals surface area contributed by atoms with Gasteiger partial charge in [0.15, 0.2) is 6.61 Å². The van der Waals surface area contributed by atoms with Crippen LogP contribution in [0.3, 0.4) is 0 Å². The Labute approximate surface area is 216 Å². The zero-order valence-corrected chi connectivity index (χ0v) is 21.0. The lowest BCUT2D eigenvalue weighted by atomic mass is 9.98. The van der Waals surface area contributed by atoms with E-state index in [1.165, 1.54) is 11.1 Å². The molecule has 0 aliphatic carbocycles. The lowest BCUT2D eigenvalue weighted by Crippen LogP contribution is -2.33. The number of nitrogens with zero attached hydrogens (tertiary/aromatic N) is 1. The molecule has 0 spiro atoms. The molecule has 36 heavy (non-hydrogen) atoms. The number of amides is 2. The van der Waals surface area contributed by atoms with Gasteiger partial charge in [-0.25, -0.2) is 0 Å². The molecule has 0 radical (unpaired) electrons. The van der Waals surface area contributed by atoms with E-state index in [1.54, 1.807) is 37.4 Å². The van der Waals surface area contributed by atoms with E-state index in [0.717, 1.165) is 25.2 Å². The van der Waals surface area contributed by atoms with Crippen LogP contribution >= 0.6 is 11.6 Å². The highest BCUT2D eigenvalue weighted by Crippen LogP contribution is 2.29. The van der Waals surface area contributed by atoms with Crippen molar-refractivity contribution in [2.75, 3.05) is 43.6 Å². The lowest BCUT2D eigenvalue weighted by molar-refractivity contribution is -0.118. The minimum absolute atomic E-state index is 0.162.